The Morgan fingerprint density at radius 1 is 1.37 bits per heavy atom. The first-order valence-corrected chi connectivity index (χ1v) is 9.43. The van der Waals surface area contributed by atoms with Crippen molar-refractivity contribution in [3.8, 4) is 0 Å². The van der Waals surface area contributed by atoms with Gasteiger partial charge in [-0.15, -0.1) is 0 Å². The van der Waals surface area contributed by atoms with Gasteiger partial charge in [-0.25, -0.2) is 0 Å². The fourth-order valence-corrected chi connectivity index (χ4v) is 5.13. The summed E-state index contributed by atoms with van der Waals surface area (Å²) >= 11 is 0. The second-order valence-corrected chi connectivity index (χ2v) is 8.27. The number of halogens is 3. The van der Waals surface area contributed by atoms with Crippen LogP contribution in [-0.4, -0.2) is 51.8 Å². The van der Waals surface area contributed by atoms with Crippen molar-refractivity contribution in [1.29, 1.82) is 0 Å². The number of hydrogen-bond donors (Lipinski definition) is 1. The van der Waals surface area contributed by atoms with Crippen LogP contribution in [0.25, 0.3) is 0 Å². The molecule has 4 rings (SSSR count). The van der Waals surface area contributed by atoms with Crippen molar-refractivity contribution in [3.05, 3.63) is 18.0 Å². The van der Waals surface area contributed by atoms with Crippen LogP contribution in [0.2, 0.25) is 0 Å². The van der Waals surface area contributed by atoms with Gasteiger partial charge in [0.05, 0.1) is 24.8 Å². The van der Waals surface area contributed by atoms with Crippen LogP contribution in [0.1, 0.15) is 49.6 Å². The first-order chi connectivity index (χ1) is 12.7. The third-order valence-electron chi connectivity index (χ3n) is 6.82. The monoisotopic (exact) mass is 386 g/mol. The van der Waals surface area contributed by atoms with E-state index in [-0.39, 0.29) is 13.1 Å². The van der Waals surface area contributed by atoms with E-state index in [1.165, 1.54) is 0 Å². The average Bonchev–Trinajstić information content (AvgIpc) is 3.34. The minimum atomic E-state index is -4.51. The number of aliphatic hydroxyl groups is 1. The second kappa shape index (κ2) is 6.39. The van der Waals surface area contributed by atoms with E-state index in [9.17, 15) is 28.2 Å². The molecule has 1 aromatic rings. The van der Waals surface area contributed by atoms with E-state index >= 15 is 0 Å². The predicted molar refractivity (Wildman–Crippen MR) is 86.6 cm³/mol. The Morgan fingerprint density at radius 2 is 2.04 bits per heavy atom. The number of alkyl halides is 3. The zero-order chi connectivity index (χ0) is 19.4. The van der Waals surface area contributed by atoms with Gasteiger partial charge in [0.25, 0.3) is 0 Å². The van der Waals surface area contributed by atoms with Gasteiger partial charge >= 0.3 is 6.18 Å². The van der Waals surface area contributed by atoms with Crippen molar-refractivity contribution >= 4 is 6.09 Å². The van der Waals surface area contributed by atoms with Crippen LogP contribution in [0.5, 0.6) is 0 Å². The highest BCUT2D eigenvalue weighted by Gasteiger charge is 2.63. The third kappa shape index (κ3) is 3.19. The molecule has 1 aromatic heterocycles. The maximum Gasteiger partial charge on any atom is 0.394 e. The molecule has 6 nitrogen and oxygen atoms in total. The highest BCUT2D eigenvalue weighted by atomic mass is 19.4. The number of aromatic nitrogens is 2. The summed E-state index contributed by atoms with van der Waals surface area (Å²) in [5.41, 5.74) is 0.444. The molecule has 1 N–H and O–H groups in total. The number of carbonyl (C=O) groups is 1. The summed E-state index contributed by atoms with van der Waals surface area (Å²) in [4.78, 5) is 12.2. The van der Waals surface area contributed by atoms with E-state index in [0.29, 0.717) is 25.2 Å². The normalized spacial score (nSPS) is 28.8. The molecule has 1 saturated heterocycles. The van der Waals surface area contributed by atoms with Gasteiger partial charge < -0.3 is 19.9 Å². The van der Waals surface area contributed by atoms with Gasteiger partial charge in [-0.3, -0.25) is 4.68 Å². The molecule has 2 heterocycles. The van der Waals surface area contributed by atoms with E-state index in [2.05, 4.69) is 5.10 Å². The minimum Gasteiger partial charge on any atom is -0.530 e. The van der Waals surface area contributed by atoms with Gasteiger partial charge in [0, 0.05) is 25.2 Å². The Bertz CT molecular complexity index is 708. The third-order valence-corrected chi connectivity index (χ3v) is 6.82. The van der Waals surface area contributed by atoms with Crippen molar-refractivity contribution < 1.29 is 28.2 Å². The van der Waals surface area contributed by atoms with E-state index in [0.717, 1.165) is 23.3 Å². The van der Waals surface area contributed by atoms with Crippen molar-refractivity contribution in [3.63, 3.8) is 0 Å². The molecule has 3 atom stereocenters. The Morgan fingerprint density at radius 3 is 2.56 bits per heavy atom. The standard InChI is InChI=1S/C18H24F3N3O3/c19-18(20,21)13(10-25)15-14(24-9-12(8-22-24)11-1-2-11)7-17(15)3-5-23(6-4-17)16(26)27/h8-9,11,13-15,25H,1-7,10H2,(H,26,27)/p-1/t13?,14-,15?/m1/s1. The average molecular weight is 386 g/mol. The largest absolute Gasteiger partial charge is 0.530 e. The number of carbonyl (C=O) groups excluding carboxylic acids is 1. The van der Waals surface area contributed by atoms with Crippen LogP contribution in [0.3, 0.4) is 0 Å². The molecule has 1 amide bonds. The zero-order valence-electron chi connectivity index (χ0n) is 14.9. The summed E-state index contributed by atoms with van der Waals surface area (Å²) in [5.74, 6) is -2.17. The molecule has 0 aromatic carbocycles. The van der Waals surface area contributed by atoms with Crippen LogP contribution >= 0.6 is 0 Å². The highest BCUT2D eigenvalue weighted by molar-refractivity contribution is 5.62. The number of likely N-dealkylation sites (tertiary alicyclic amines) is 1. The second-order valence-electron chi connectivity index (χ2n) is 8.27. The molecule has 0 radical (unpaired) electrons. The lowest BCUT2D eigenvalue weighted by atomic mass is 9.49. The molecule has 2 saturated carbocycles. The zero-order valence-corrected chi connectivity index (χ0v) is 14.9. The molecular formula is C18H23F3N3O3-. The summed E-state index contributed by atoms with van der Waals surface area (Å²) < 4.78 is 42.6. The molecule has 9 heteroatoms. The summed E-state index contributed by atoms with van der Waals surface area (Å²) in [7, 11) is 0. The van der Waals surface area contributed by atoms with Crippen LogP contribution in [0.4, 0.5) is 18.0 Å². The highest BCUT2D eigenvalue weighted by Crippen LogP contribution is 2.64. The number of amides is 1. The molecule has 2 unspecified atom stereocenters. The number of nitrogens with zero attached hydrogens (tertiary/aromatic N) is 3. The summed E-state index contributed by atoms with van der Waals surface area (Å²) in [6.07, 6.45) is 1.20. The van der Waals surface area contributed by atoms with Crippen molar-refractivity contribution in [2.24, 2.45) is 17.3 Å². The fourth-order valence-electron chi connectivity index (χ4n) is 5.13. The van der Waals surface area contributed by atoms with E-state index in [1.54, 1.807) is 10.9 Å². The van der Waals surface area contributed by atoms with Crippen molar-refractivity contribution in [1.82, 2.24) is 14.7 Å². The first kappa shape index (κ1) is 18.6. The quantitative estimate of drug-likeness (QED) is 0.857. The SMILES string of the molecule is O=C([O-])N1CCC2(CC1)C[C@@H](n1cc(C3CC3)cn1)C2C(CO)C(F)(F)F. The lowest BCUT2D eigenvalue weighted by molar-refractivity contribution is -0.273. The van der Waals surface area contributed by atoms with E-state index in [4.69, 9.17) is 0 Å². The molecule has 1 spiro atoms. The topological polar surface area (TPSA) is 81.4 Å². The number of carboxylic acid groups (broad SMARTS) is 1. The molecular weight excluding hydrogens is 363 g/mol. The van der Waals surface area contributed by atoms with Crippen LogP contribution < -0.4 is 5.11 Å². The Balaban J connectivity index is 1.59. The lowest BCUT2D eigenvalue weighted by Crippen LogP contribution is -2.61. The maximum atomic E-state index is 13.7. The van der Waals surface area contributed by atoms with Gasteiger partial charge in [-0.2, -0.15) is 18.3 Å². The minimum absolute atomic E-state index is 0.175. The van der Waals surface area contributed by atoms with Crippen LogP contribution in [-0.2, 0) is 0 Å². The predicted octanol–water partition coefficient (Wildman–Crippen LogP) is 1.92. The number of aliphatic hydroxyl groups excluding tert-OH is 1. The van der Waals surface area contributed by atoms with Gasteiger partial charge in [0.15, 0.2) is 0 Å². The summed E-state index contributed by atoms with van der Waals surface area (Å²) in [6, 6.07) is -0.425. The summed E-state index contributed by atoms with van der Waals surface area (Å²) in [5, 5.41) is 24.9. The number of piperidine rings is 1. The molecule has 2 aliphatic carbocycles. The van der Waals surface area contributed by atoms with E-state index in [1.807, 2.05) is 6.20 Å². The molecule has 27 heavy (non-hydrogen) atoms. The Hall–Kier alpha value is -1.77. The molecule has 1 aliphatic heterocycles. The van der Waals surface area contributed by atoms with Gasteiger partial charge in [0.2, 0.25) is 0 Å². The maximum absolute atomic E-state index is 13.7. The van der Waals surface area contributed by atoms with Crippen LogP contribution in [0.15, 0.2) is 12.4 Å². The van der Waals surface area contributed by atoms with Crippen molar-refractivity contribution in [2.75, 3.05) is 19.7 Å². The molecule has 3 aliphatic rings. The van der Waals surface area contributed by atoms with Gasteiger partial charge in [-0.05, 0) is 49.0 Å². The van der Waals surface area contributed by atoms with Gasteiger partial charge in [-0.1, -0.05) is 0 Å². The smallest absolute Gasteiger partial charge is 0.394 e. The number of hydrogen-bond acceptors (Lipinski definition) is 4. The Labute approximate surface area is 155 Å². The van der Waals surface area contributed by atoms with Gasteiger partial charge in [0.1, 0.15) is 6.09 Å². The van der Waals surface area contributed by atoms with Crippen molar-refractivity contribution in [2.45, 2.75) is 50.2 Å². The van der Waals surface area contributed by atoms with Crippen LogP contribution in [0, 0.1) is 17.3 Å². The lowest BCUT2D eigenvalue weighted by Gasteiger charge is -2.60. The summed E-state index contributed by atoms with van der Waals surface area (Å²) in [6.45, 7) is -0.616. The molecule has 150 valence electrons. The Kier molecular flexibility index (Phi) is 4.40. The molecule has 3 fully saturated rings. The number of rotatable bonds is 4. The van der Waals surface area contributed by atoms with E-state index < -0.39 is 42.2 Å². The first-order valence-electron chi connectivity index (χ1n) is 9.43. The fraction of sp³-hybridized carbons (Fsp3) is 0.778. The molecule has 0 bridgehead atoms.